The van der Waals surface area contributed by atoms with E-state index in [4.69, 9.17) is 27.9 Å². The third-order valence-corrected chi connectivity index (χ3v) is 4.98. The second-order valence-electron chi connectivity index (χ2n) is 4.60. The second-order valence-corrected chi connectivity index (χ2v) is 6.58. The minimum atomic E-state index is -0.645. The Balaban J connectivity index is 2.48. The molecule has 0 radical (unpaired) electrons. The van der Waals surface area contributed by atoms with Crippen molar-refractivity contribution in [2.75, 3.05) is 19.9 Å². The standard InChI is InChI=1S/C14H19Cl2NO2S/c1-14(17-2,13(18)19-3)7-4-8-20-12-9-10(15)5-6-11(12)16/h5-6,9,17H,4,7-8H2,1-3H3. The molecule has 1 atom stereocenters. The zero-order valence-corrected chi connectivity index (χ0v) is 14.2. The van der Waals surface area contributed by atoms with Gasteiger partial charge in [-0.25, -0.2) is 0 Å². The maximum atomic E-state index is 11.7. The van der Waals surface area contributed by atoms with Crippen molar-refractivity contribution in [3.05, 3.63) is 28.2 Å². The van der Waals surface area contributed by atoms with Crippen LogP contribution in [0.1, 0.15) is 19.8 Å². The van der Waals surface area contributed by atoms with Gasteiger partial charge in [0.25, 0.3) is 0 Å². The fourth-order valence-corrected chi connectivity index (χ4v) is 3.19. The minimum Gasteiger partial charge on any atom is -0.468 e. The lowest BCUT2D eigenvalue weighted by molar-refractivity contribution is -0.148. The highest BCUT2D eigenvalue weighted by Crippen LogP contribution is 2.31. The van der Waals surface area contributed by atoms with Gasteiger partial charge in [0.05, 0.1) is 12.1 Å². The molecule has 0 spiro atoms. The smallest absolute Gasteiger partial charge is 0.325 e. The van der Waals surface area contributed by atoms with Gasteiger partial charge in [0.1, 0.15) is 5.54 Å². The predicted molar refractivity (Wildman–Crippen MR) is 85.9 cm³/mol. The van der Waals surface area contributed by atoms with Crippen LogP contribution >= 0.6 is 35.0 Å². The number of carbonyl (C=O) groups is 1. The van der Waals surface area contributed by atoms with Crippen molar-refractivity contribution in [1.29, 1.82) is 0 Å². The number of carbonyl (C=O) groups excluding carboxylic acids is 1. The van der Waals surface area contributed by atoms with E-state index >= 15 is 0 Å². The number of rotatable bonds is 7. The summed E-state index contributed by atoms with van der Waals surface area (Å²) in [6.45, 7) is 1.84. The molecule has 0 aliphatic rings. The molecule has 0 saturated carbocycles. The average Bonchev–Trinajstić information content (AvgIpc) is 2.45. The first-order valence-corrected chi connectivity index (χ1v) is 8.02. The zero-order valence-electron chi connectivity index (χ0n) is 11.8. The summed E-state index contributed by atoms with van der Waals surface area (Å²) in [5, 5.41) is 4.39. The molecular weight excluding hydrogens is 317 g/mol. The summed E-state index contributed by atoms with van der Waals surface area (Å²) in [5.41, 5.74) is -0.645. The van der Waals surface area contributed by atoms with E-state index in [0.717, 1.165) is 17.1 Å². The van der Waals surface area contributed by atoms with Gasteiger partial charge in [0.15, 0.2) is 0 Å². The van der Waals surface area contributed by atoms with E-state index in [9.17, 15) is 4.79 Å². The average molecular weight is 336 g/mol. The summed E-state index contributed by atoms with van der Waals surface area (Å²) >= 11 is 13.7. The maximum absolute atomic E-state index is 11.7. The van der Waals surface area contributed by atoms with Gasteiger partial charge in [-0.15, -0.1) is 11.8 Å². The first-order valence-electron chi connectivity index (χ1n) is 6.28. The Kier molecular flexibility index (Phi) is 7.17. The quantitative estimate of drug-likeness (QED) is 0.464. The molecule has 3 nitrogen and oxygen atoms in total. The van der Waals surface area contributed by atoms with Crippen molar-refractivity contribution < 1.29 is 9.53 Å². The molecule has 0 saturated heterocycles. The highest BCUT2D eigenvalue weighted by molar-refractivity contribution is 7.99. The van der Waals surface area contributed by atoms with Crippen molar-refractivity contribution in [2.45, 2.75) is 30.2 Å². The molecular formula is C14H19Cl2NO2S. The van der Waals surface area contributed by atoms with E-state index in [1.807, 2.05) is 13.0 Å². The van der Waals surface area contributed by atoms with Gasteiger partial charge >= 0.3 is 5.97 Å². The van der Waals surface area contributed by atoms with Crippen molar-refractivity contribution in [3.63, 3.8) is 0 Å². The van der Waals surface area contributed by atoms with E-state index in [2.05, 4.69) is 5.32 Å². The fraction of sp³-hybridized carbons (Fsp3) is 0.500. The van der Waals surface area contributed by atoms with Crippen LogP contribution in [-0.2, 0) is 9.53 Å². The molecule has 0 aliphatic heterocycles. The number of thioether (sulfide) groups is 1. The van der Waals surface area contributed by atoms with Crippen LogP contribution in [0.2, 0.25) is 10.0 Å². The highest BCUT2D eigenvalue weighted by atomic mass is 35.5. The van der Waals surface area contributed by atoms with Crippen LogP contribution in [0.5, 0.6) is 0 Å². The molecule has 1 aromatic carbocycles. The second kappa shape index (κ2) is 8.13. The van der Waals surface area contributed by atoms with Gasteiger partial charge in [0, 0.05) is 9.92 Å². The normalized spacial score (nSPS) is 13.8. The van der Waals surface area contributed by atoms with Crippen LogP contribution in [0.15, 0.2) is 23.1 Å². The lowest BCUT2D eigenvalue weighted by Gasteiger charge is -2.25. The van der Waals surface area contributed by atoms with E-state index in [0.29, 0.717) is 16.5 Å². The monoisotopic (exact) mass is 335 g/mol. The first kappa shape index (κ1) is 17.6. The lowest BCUT2D eigenvalue weighted by atomic mass is 9.97. The largest absolute Gasteiger partial charge is 0.468 e. The molecule has 6 heteroatoms. The van der Waals surface area contributed by atoms with Crippen molar-refractivity contribution >= 4 is 40.9 Å². The van der Waals surface area contributed by atoms with Gasteiger partial charge in [-0.2, -0.15) is 0 Å². The molecule has 0 amide bonds. The van der Waals surface area contributed by atoms with E-state index in [1.54, 1.807) is 30.9 Å². The summed E-state index contributed by atoms with van der Waals surface area (Å²) in [5.74, 6) is 0.611. The number of nitrogens with one attached hydrogen (secondary N) is 1. The number of methoxy groups -OCH3 is 1. The molecule has 1 rings (SSSR count). The summed E-state index contributed by atoms with van der Waals surface area (Å²) in [6.07, 6.45) is 1.56. The number of hydrogen-bond acceptors (Lipinski definition) is 4. The summed E-state index contributed by atoms with van der Waals surface area (Å²) in [6, 6.07) is 5.41. The number of halogens is 2. The van der Waals surface area contributed by atoms with Crippen molar-refractivity contribution in [2.24, 2.45) is 0 Å². The van der Waals surface area contributed by atoms with Crippen LogP contribution in [-0.4, -0.2) is 31.4 Å². The third kappa shape index (κ3) is 4.85. The van der Waals surface area contributed by atoms with Gasteiger partial charge in [-0.05, 0) is 50.8 Å². The van der Waals surface area contributed by atoms with Crippen LogP contribution in [0.3, 0.4) is 0 Å². The Bertz CT molecular complexity index is 470. The number of benzene rings is 1. The number of ether oxygens (including phenoxy) is 1. The van der Waals surface area contributed by atoms with Crippen LogP contribution in [0, 0.1) is 0 Å². The fourth-order valence-electron chi connectivity index (χ4n) is 1.75. The molecule has 112 valence electrons. The Morgan fingerprint density at radius 3 is 2.75 bits per heavy atom. The molecule has 1 unspecified atom stereocenters. The molecule has 0 bridgehead atoms. The van der Waals surface area contributed by atoms with E-state index < -0.39 is 5.54 Å². The Hall–Kier alpha value is -0.420. The van der Waals surface area contributed by atoms with E-state index in [-0.39, 0.29) is 5.97 Å². The first-order chi connectivity index (χ1) is 9.42. The molecule has 1 N–H and O–H groups in total. The Morgan fingerprint density at radius 2 is 2.15 bits per heavy atom. The lowest BCUT2D eigenvalue weighted by Crippen LogP contribution is -2.48. The minimum absolute atomic E-state index is 0.245. The van der Waals surface area contributed by atoms with Gasteiger partial charge in [-0.1, -0.05) is 23.2 Å². The van der Waals surface area contributed by atoms with Gasteiger partial charge in [0.2, 0.25) is 0 Å². The molecule has 0 aromatic heterocycles. The number of hydrogen-bond donors (Lipinski definition) is 1. The topological polar surface area (TPSA) is 38.3 Å². The molecule has 1 aromatic rings. The number of likely N-dealkylation sites (N-methyl/N-ethyl adjacent to an activating group) is 1. The Labute approximate surface area is 134 Å². The SMILES string of the molecule is CNC(C)(CCCSc1cc(Cl)ccc1Cl)C(=O)OC. The molecule has 0 aliphatic carbocycles. The number of esters is 1. The van der Waals surface area contributed by atoms with Gasteiger partial charge < -0.3 is 10.1 Å². The summed E-state index contributed by atoms with van der Waals surface area (Å²) in [7, 11) is 3.16. The molecule has 0 heterocycles. The Morgan fingerprint density at radius 1 is 1.45 bits per heavy atom. The highest BCUT2D eigenvalue weighted by Gasteiger charge is 2.31. The van der Waals surface area contributed by atoms with Gasteiger partial charge in [-0.3, -0.25) is 4.79 Å². The third-order valence-electron chi connectivity index (χ3n) is 3.16. The van der Waals surface area contributed by atoms with Crippen molar-refractivity contribution in [3.8, 4) is 0 Å². The molecule has 20 heavy (non-hydrogen) atoms. The summed E-state index contributed by atoms with van der Waals surface area (Å²) in [4.78, 5) is 12.7. The summed E-state index contributed by atoms with van der Waals surface area (Å²) < 4.78 is 4.81. The van der Waals surface area contributed by atoms with Crippen LogP contribution in [0.4, 0.5) is 0 Å². The van der Waals surface area contributed by atoms with E-state index in [1.165, 1.54) is 7.11 Å². The maximum Gasteiger partial charge on any atom is 0.325 e. The van der Waals surface area contributed by atoms with Crippen LogP contribution < -0.4 is 5.32 Å². The van der Waals surface area contributed by atoms with Crippen LogP contribution in [0.25, 0.3) is 0 Å². The zero-order chi connectivity index (χ0) is 15.2. The van der Waals surface area contributed by atoms with Crippen molar-refractivity contribution in [1.82, 2.24) is 5.32 Å². The predicted octanol–water partition coefficient (Wildman–Crippen LogP) is 4.02. The molecule has 0 fully saturated rings.